The number of nitrogens with zero attached hydrogens (tertiary/aromatic N) is 2. The fourth-order valence-corrected chi connectivity index (χ4v) is 5.87. The molecule has 152 valence electrons. The van der Waals surface area contributed by atoms with Gasteiger partial charge in [0.25, 0.3) is 5.56 Å². The van der Waals surface area contributed by atoms with E-state index in [0.29, 0.717) is 28.3 Å². The molecule has 1 N–H and O–H groups in total. The lowest BCUT2D eigenvalue weighted by molar-refractivity contribution is -0.113. The van der Waals surface area contributed by atoms with Gasteiger partial charge in [-0.25, -0.2) is 4.98 Å². The second-order valence-electron chi connectivity index (χ2n) is 7.56. The third kappa shape index (κ3) is 4.22. The number of rotatable bonds is 6. The number of hydrogen-bond acceptors (Lipinski definition) is 5. The Balaban J connectivity index is 1.61. The van der Waals surface area contributed by atoms with Gasteiger partial charge in [-0.15, -0.1) is 11.3 Å². The maximum atomic E-state index is 13.3. The molecule has 8 heteroatoms. The Morgan fingerprint density at radius 1 is 1.34 bits per heavy atom. The summed E-state index contributed by atoms with van der Waals surface area (Å²) in [4.78, 5) is 32.6. The molecule has 1 aromatic carbocycles. The maximum Gasteiger partial charge on any atom is 0.263 e. The molecule has 0 unspecified atom stereocenters. The largest absolute Gasteiger partial charge is 0.324 e. The van der Waals surface area contributed by atoms with Crippen LogP contribution in [0.1, 0.15) is 30.7 Å². The minimum absolute atomic E-state index is 0.0251. The zero-order valence-electron chi connectivity index (χ0n) is 16.3. The van der Waals surface area contributed by atoms with Gasteiger partial charge in [0.05, 0.1) is 21.8 Å². The highest BCUT2D eigenvalue weighted by molar-refractivity contribution is 7.99. The molecular formula is C21H22ClN3O2S2. The van der Waals surface area contributed by atoms with E-state index in [2.05, 4.69) is 19.2 Å². The molecule has 1 amide bonds. The van der Waals surface area contributed by atoms with E-state index in [-0.39, 0.29) is 17.2 Å². The van der Waals surface area contributed by atoms with Crippen molar-refractivity contribution < 1.29 is 4.79 Å². The summed E-state index contributed by atoms with van der Waals surface area (Å²) in [6, 6.07) is 7.13. The van der Waals surface area contributed by atoms with Crippen molar-refractivity contribution in [2.75, 3.05) is 11.1 Å². The number of para-hydroxylation sites is 1. The van der Waals surface area contributed by atoms with E-state index in [4.69, 9.17) is 16.6 Å². The zero-order chi connectivity index (χ0) is 20.5. The molecule has 2 aromatic heterocycles. The molecule has 5 nitrogen and oxygen atoms in total. The van der Waals surface area contributed by atoms with Gasteiger partial charge >= 0.3 is 0 Å². The molecule has 0 spiro atoms. The Labute approximate surface area is 182 Å². The topological polar surface area (TPSA) is 64.0 Å². The van der Waals surface area contributed by atoms with Crippen molar-refractivity contribution in [2.24, 2.45) is 5.92 Å². The van der Waals surface area contributed by atoms with Crippen LogP contribution < -0.4 is 10.9 Å². The normalized spacial score (nSPS) is 13.2. The van der Waals surface area contributed by atoms with Crippen molar-refractivity contribution in [3.8, 4) is 0 Å². The van der Waals surface area contributed by atoms with Crippen LogP contribution in [-0.4, -0.2) is 21.2 Å². The summed E-state index contributed by atoms with van der Waals surface area (Å²) >= 11 is 9.03. The lowest BCUT2D eigenvalue weighted by Gasteiger charge is -2.14. The lowest BCUT2D eigenvalue weighted by Crippen LogP contribution is -2.26. The van der Waals surface area contributed by atoms with Crippen LogP contribution >= 0.6 is 34.7 Å². The highest BCUT2D eigenvalue weighted by Crippen LogP contribution is 2.35. The van der Waals surface area contributed by atoms with Gasteiger partial charge < -0.3 is 5.32 Å². The second kappa shape index (κ2) is 8.50. The number of aromatic nitrogens is 2. The van der Waals surface area contributed by atoms with Crippen LogP contribution in [0, 0.1) is 5.92 Å². The maximum absolute atomic E-state index is 13.3. The Bertz CT molecular complexity index is 1140. The number of nitrogens with one attached hydrogen (secondary N) is 1. The van der Waals surface area contributed by atoms with Crippen molar-refractivity contribution in [3.05, 3.63) is 50.1 Å². The van der Waals surface area contributed by atoms with Crippen LogP contribution in [0.5, 0.6) is 0 Å². The Hall–Kier alpha value is -1.83. The zero-order valence-corrected chi connectivity index (χ0v) is 18.7. The summed E-state index contributed by atoms with van der Waals surface area (Å²) in [7, 11) is 0. The lowest BCUT2D eigenvalue weighted by atomic mass is 10.2. The monoisotopic (exact) mass is 447 g/mol. The van der Waals surface area contributed by atoms with Gasteiger partial charge in [-0.05, 0) is 42.9 Å². The number of carbonyl (C=O) groups excluding carboxylic acids is 1. The van der Waals surface area contributed by atoms with Crippen LogP contribution in [-0.2, 0) is 24.2 Å². The van der Waals surface area contributed by atoms with E-state index in [1.54, 1.807) is 28.0 Å². The molecule has 29 heavy (non-hydrogen) atoms. The molecule has 4 rings (SSSR count). The molecule has 1 aliphatic rings. The first-order valence-electron chi connectivity index (χ1n) is 9.66. The smallest absolute Gasteiger partial charge is 0.263 e. The van der Waals surface area contributed by atoms with Crippen LogP contribution in [0.15, 0.2) is 34.2 Å². The molecule has 1 aliphatic carbocycles. The summed E-state index contributed by atoms with van der Waals surface area (Å²) in [5, 5.41) is 4.70. The van der Waals surface area contributed by atoms with E-state index in [9.17, 15) is 9.59 Å². The van der Waals surface area contributed by atoms with E-state index in [0.717, 1.165) is 29.5 Å². The first-order chi connectivity index (χ1) is 13.9. The summed E-state index contributed by atoms with van der Waals surface area (Å²) in [6.45, 7) is 4.74. The average molecular weight is 448 g/mol. The molecule has 0 bridgehead atoms. The highest BCUT2D eigenvalue weighted by atomic mass is 35.5. The number of anilines is 1. The number of halogens is 1. The van der Waals surface area contributed by atoms with Crippen molar-refractivity contribution in [1.29, 1.82) is 0 Å². The van der Waals surface area contributed by atoms with Gasteiger partial charge in [0.1, 0.15) is 4.83 Å². The van der Waals surface area contributed by atoms with Gasteiger partial charge in [-0.2, -0.15) is 0 Å². The predicted octanol–water partition coefficient (Wildman–Crippen LogP) is 4.99. The second-order valence-corrected chi connectivity index (χ2v) is 9.99. The third-order valence-corrected chi connectivity index (χ3v) is 7.31. The van der Waals surface area contributed by atoms with Crippen LogP contribution in [0.4, 0.5) is 5.69 Å². The third-order valence-electron chi connectivity index (χ3n) is 4.82. The Kier molecular flexibility index (Phi) is 5.99. The highest BCUT2D eigenvalue weighted by Gasteiger charge is 2.24. The summed E-state index contributed by atoms with van der Waals surface area (Å²) in [5.41, 5.74) is 1.79. The number of thioether (sulfide) groups is 1. The number of carbonyl (C=O) groups is 1. The number of fused-ring (bicyclic) bond motifs is 3. The van der Waals surface area contributed by atoms with Crippen LogP contribution in [0.25, 0.3) is 10.2 Å². The van der Waals surface area contributed by atoms with E-state index >= 15 is 0 Å². The summed E-state index contributed by atoms with van der Waals surface area (Å²) < 4.78 is 1.74. The molecule has 0 atom stereocenters. The average Bonchev–Trinajstić information content (AvgIpc) is 3.25. The van der Waals surface area contributed by atoms with Gasteiger partial charge in [0.2, 0.25) is 5.91 Å². The minimum atomic E-state index is -0.179. The number of benzene rings is 1. The van der Waals surface area contributed by atoms with E-state index in [1.807, 2.05) is 12.1 Å². The fraction of sp³-hybridized carbons (Fsp3) is 0.381. The number of hydrogen-bond donors (Lipinski definition) is 1. The Morgan fingerprint density at radius 2 is 2.14 bits per heavy atom. The fourth-order valence-electron chi connectivity index (χ4n) is 3.57. The molecule has 2 heterocycles. The first-order valence-corrected chi connectivity index (χ1v) is 11.8. The standard InChI is InChI=1S/C21H22ClN3O2S2/c1-12(2)10-25-20(27)18-13-6-5-9-16(13)29-19(18)24-21(25)28-11-17(26)23-15-8-4-3-7-14(15)22/h3-4,7-8,12H,5-6,9-11H2,1-2H3,(H,23,26). The van der Waals surface area contributed by atoms with Crippen molar-refractivity contribution in [3.63, 3.8) is 0 Å². The Morgan fingerprint density at radius 3 is 2.90 bits per heavy atom. The van der Waals surface area contributed by atoms with Gasteiger partial charge in [-0.3, -0.25) is 14.2 Å². The van der Waals surface area contributed by atoms with Gasteiger partial charge in [-0.1, -0.05) is 49.3 Å². The molecule has 3 aromatic rings. The molecule has 0 saturated heterocycles. The molecule has 0 radical (unpaired) electrons. The van der Waals surface area contributed by atoms with E-state index in [1.165, 1.54) is 22.2 Å². The van der Waals surface area contributed by atoms with Crippen LogP contribution in [0.3, 0.4) is 0 Å². The minimum Gasteiger partial charge on any atom is -0.324 e. The number of amides is 1. The van der Waals surface area contributed by atoms with E-state index < -0.39 is 0 Å². The first kappa shape index (κ1) is 20.4. The number of thiophene rings is 1. The predicted molar refractivity (Wildman–Crippen MR) is 122 cm³/mol. The van der Waals surface area contributed by atoms with Gasteiger partial charge in [0, 0.05) is 11.4 Å². The SMILES string of the molecule is CC(C)Cn1c(SCC(=O)Nc2ccccc2Cl)nc2sc3c(c2c1=O)CCC3. The van der Waals surface area contributed by atoms with Crippen molar-refractivity contribution in [2.45, 2.75) is 44.8 Å². The summed E-state index contributed by atoms with van der Waals surface area (Å²) in [5.74, 6) is 0.281. The molecule has 0 fully saturated rings. The molecule has 0 saturated carbocycles. The number of aryl methyl sites for hydroxylation is 2. The molecule has 0 aliphatic heterocycles. The quantitative estimate of drug-likeness (QED) is 0.427. The summed E-state index contributed by atoms with van der Waals surface area (Å²) in [6.07, 6.45) is 3.10. The van der Waals surface area contributed by atoms with Crippen LogP contribution in [0.2, 0.25) is 5.02 Å². The van der Waals surface area contributed by atoms with Crippen molar-refractivity contribution >= 4 is 56.5 Å². The van der Waals surface area contributed by atoms with Crippen molar-refractivity contribution in [1.82, 2.24) is 9.55 Å². The molecular weight excluding hydrogens is 426 g/mol. The van der Waals surface area contributed by atoms with Gasteiger partial charge in [0.15, 0.2) is 5.16 Å².